The average molecular weight is 440 g/mol. The number of rotatable bonds is 5. The summed E-state index contributed by atoms with van der Waals surface area (Å²) < 4.78 is 14.9. The Bertz CT molecular complexity index is 1050. The van der Waals surface area contributed by atoms with Gasteiger partial charge in [0.15, 0.2) is 8.32 Å². The average Bonchev–Trinajstić information content (AvgIpc) is 3.25. The maximum absolute atomic E-state index is 11.0. The highest BCUT2D eigenvalue weighted by atomic mass is 28.4. The van der Waals surface area contributed by atoms with E-state index in [1.54, 1.807) is 0 Å². The van der Waals surface area contributed by atoms with E-state index in [1.807, 2.05) is 42.6 Å². The number of fused-ring (bicyclic) bond motifs is 1. The van der Waals surface area contributed by atoms with Crippen LogP contribution in [0.3, 0.4) is 0 Å². The van der Waals surface area contributed by atoms with Crippen LogP contribution in [0.5, 0.6) is 11.6 Å². The van der Waals surface area contributed by atoms with Gasteiger partial charge in [0.1, 0.15) is 17.7 Å². The number of aliphatic hydroxyl groups excluding tert-OH is 1. The molecule has 4 unspecified atom stereocenters. The minimum Gasteiger partial charge on any atom is -0.438 e. The van der Waals surface area contributed by atoms with Crippen molar-refractivity contribution in [2.75, 3.05) is 0 Å². The van der Waals surface area contributed by atoms with Gasteiger partial charge in [0, 0.05) is 6.20 Å². The lowest BCUT2D eigenvalue weighted by atomic mass is 10.1. The molecule has 1 N–H and O–H groups in total. The first-order valence-electron chi connectivity index (χ1n) is 11.0. The first-order valence-corrected chi connectivity index (χ1v) is 13.9. The molecule has 2 heterocycles. The van der Waals surface area contributed by atoms with Gasteiger partial charge < -0.3 is 18.8 Å². The van der Waals surface area contributed by atoms with Crippen molar-refractivity contribution >= 4 is 19.4 Å². The van der Waals surface area contributed by atoms with E-state index in [2.05, 4.69) is 55.3 Å². The largest absolute Gasteiger partial charge is 0.438 e. The van der Waals surface area contributed by atoms with Gasteiger partial charge in [-0.1, -0.05) is 45.9 Å². The molecule has 1 saturated carbocycles. The van der Waals surface area contributed by atoms with Crippen molar-refractivity contribution in [2.24, 2.45) is 5.92 Å². The summed E-state index contributed by atoms with van der Waals surface area (Å²) in [6.07, 6.45) is 3.63. The normalized spacial score (nSPS) is 24.6. The molecule has 1 aliphatic carbocycles. The van der Waals surface area contributed by atoms with Gasteiger partial charge in [-0.3, -0.25) is 0 Å². The molecule has 3 aromatic rings. The van der Waals surface area contributed by atoms with Crippen LogP contribution in [0.1, 0.15) is 40.2 Å². The van der Waals surface area contributed by atoms with Crippen molar-refractivity contribution in [2.45, 2.75) is 70.5 Å². The Balaban J connectivity index is 1.69. The van der Waals surface area contributed by atoms with E-state index < -0.39 is 14.4 Å². The summed E-state index contributed by atoms with van der Waals surface area (Å²) in [7, 11) is -2.06. The van der Waals surface area contributed by atoms with Gasteiger partial charge in [-0.05, 0) is 48.7 Å². The van der Waals surface area contributed by atoms with Crippen LogP contribution in [-0.4, -0.2) is 40.2 Å². The van der Waals surface area contributed by atoms with Crippen LogP contribution < -0.4 is 4.74 Å². The van der Waals surface area contributed by atoms with Crippen LogP contribution in [0.15, 0.2) is 48.9 Å². The van der Waals surface area contributed by atoms with Crippen LogP contribution in [0.2, 0.25) is 18.1 Å². The third-order valence-corrected chi connectivity index (χ3v) is 11.4. The lowest BCUT2D eigenvalue weighted by Crippen LogP contribution is -2.48. The first-order chi connectivity index (χ1) is 14.6. The Labute approximate surface area is 185 Å². The molecule has 0 aliphatic heterocycles. The maximum atomic E-state index is 11.0. The van der Waals surface area contributed by atoms with Gasteiger partial charge >= 0.3 is 0 Å². The summed E-state index contributed by atoms with van der Waals surface area (Å²) in [5, 5.41) is 11.9. The second-order valence-corrected chi connectivity index (χ2v) is 14.9. The van der Waals surface area contributed by atoms with Crippen molar-refractivity contribution in [1.82, 2.24) is 14.5 Å². The molecular formula is C24H33N3O3Si. The number of para-hydroxylation sites is 1. The number of nitrogens with zero attached hydrogens (tertiary/aromatic N) is 3. The summed E-state index contributed by atoms with van der Waals surface area (Å²) in [6, 6.07) is 11.6. The second kappa shape index (κ2) is 8.04. The topological polar surface area (TPSA) is 69.4 Å². The number of aromatic nitrogens is 3. The Hall–Kier alpha value is -2.22. The zero-order valence-corrected chi connectivity index (χ0v) is 20.2. The second-order valence-electron chi connectivity index (χ2n) is 10.2. The van der Waals surface area contributed by atoms with E-state index in [4.69, 9.17) is 9.16 Å². The molecule has 4 rings (SSSR count). The highest BCUT2D eigenvalue weighted by Crippen LogP contribution is 2.45. The van der Waals surface area contributed by atoms with Gasteiger partial charge in [0.2, 0.25) is 5.88 Å². The number of aliphatic hydroxyl groups is 1. The third-order valence-electron chi connectivity index (χ3n) is 6.94. The molecule has 0 bridgehead atoms. The lowest BCUT2D eigenvalue weighted by molar-refractivity contribution is 0.0174. The molecule has 0 radical (unpaired) electrons. The summed E-state index contributed by atoms with van der Waals surface area (Å²) in [5.74, 6) is 1.42. The molecule has 1 aliphatic rings. The minimum absolute atomic E-state index is 0.0103. The molecule has 31 heavy (non-hydrogen) atoms. The van der Waals surface area contributed by atoms with E-state index in [-0.39, 0.29) is 23.1 Å². The fourth-order valence-corrected chi connectivity index (χ4v) is 5.37. The number of ether oxygens (including phenoxy) is 1. The Morgan fingerprint density at radius 2 is 1.81 bits per heavy atom. The van der Waals surface area contributed by atoms with E-state index >= 15 is 0 Å². The van der Waals surface area contributed by atoms with Crippen molar-refractivity contribution in [3.8, 4) is 11.6 Å². The molecule has 6 nitrogen and oxygen atoms in total. The van der Waals surface area contributed by atoms with Crippen molar-refractivity contribution in [3.63, 3.8) is 0 Å². The number of hydrogen-bond acceptors (Lipinski definition) is 5. The molecule has 0 spiro atoms. The van der Waals surface area contributed by atoms with Crippen molar-refractivity contribution in [1.29, 1.82) is 0 Å². The zero-order valence-electron chi connectivity index (χ0n) is 19.2. The molecule has 1 fully saturated rings. The predicted molar refractivity (Wildman–Crippen MR) is 125 cm³/mol. The minimum atomic E-state index is -2.06. The zero-order chi connectivity index (χ0) is 22.4. The SMILES string of the molecule is CC1CC(n2ccc3c(Oc4ccccc4)ncnc32)C(O[Si](C)(C)C(C)(C)C)C1O. The van der Waals surface area contributed by atoms with Crippen LogP contribution >= 0.6 is 0 Å². The molecule has 2 aromatic heterocycles. The van der Waals surface area contributed by atoms with Crippen LogP contribution in [0.4, 0.5) is 0 Å². The number of hydrogen-bond donors (Lipinski definition) is 1. The van der Waals surface area contributed by atoms with Crippen LogP contribution in [0.25, 0.3) is 11.0 Å². The van der Waals surface area contributed by atoms with Crippen LogP contribution in [-0.2, 0) is 4.43 Å². The molecular weight excluding hydrogens is 406 g/mol. The molecule has 4 atom stereocenters. The summed E-state index contributed by atoms with van der Waals surface area (Å²) in [6.45, 7) is 13.2. The van der Waals surface area contributed by atoms with Crippen molar-refractivity contribution in [3.05, 3.63) is 48.9 Å². The van der Waals surface area contributed by atoms with E-state index in [0.717, 1.165) is 23.2 Å². The molecule has 1 aromatic carbocycles. The molecule has 0 saturated heterocycles. The van der Waals surface area contributed by atoms with Gasteiger partial charge in [-0.2, -0.15) is 0 Å². The van der Waals surface area contributed by atoms with Gasteiger partial charge in [0.05, 0.1) is 23.6 Å². The summed E-state index contributed by atoms with van der Waals surface area (Å²) in [5.41, 5.74) is 0.802. The predicted octanol–water partition coefficient (Wildman–Crippen LogP) is 5.56. The van der Waals surface area contributed by atoms with Gasteiger partial charge in [0.25, 0.3) is 0 Å². The van der Waals surface area contributed by atoms with Crippen LogP contribution in [0, 0.1) is 5.92 Å². The summed E-state index contributed by atoms with van der Waals surface area (Å²) >= 11 is 0. The standard InChI is InChI=1S/C24H33N3O3Si/c1-16-14-19(21(20(16)28)30-31(5,6)24(2,3)4)27-13-12-18-22(27)25-15-26-23(18)29-17-10-8-7-9-11-17/h7-13,15-16,19-21,28H,14H2,1-6H3. The van der Waals surface area contributed by atoms with Gasteiger partial charge in [-0.25, -0.2) is 9.97 Å². The smallest absolute Gasteiger partial charge is 0.231 e. The lowest BCUT2D eigenvalue weighted by Gasteiger charge is -2.41. The monoisotopic (exact) mass is 439 g/mol. The van der Waals surface area contributed by atoms with E-state index in [1.165, 1.54) is 6.33 Å². The summed E-state index contributed by atoms with van der Waals surface area (Å²) in [4.78, 5) is 8.93. The highest BCUT2D eigenvalue weighted by Gasteiger charge is 2.48. The Kier molecular flexibility index (Phi) is 5.70. The quantitative estimate of drug-likeness (QED) is 0.527. The number of benzene rings is 1. The van der Waals surface area contributed by atoms with E-state index in [0.29, 0.717) is 5.88 Å². The van der Waals surface area contributed by atoms with Gasteiger partial charge in [-0.15, -0.1) is 0 Å². The van der Waals surface area contributed by atoms with Crippen molar-refractivity contribution < 1.29 is 14.3 Å². The molecule has 7 heteroatoms. The highest BCUT2D eigenvalue weighted by molar-refractivity contribution is 6.74. The van der Waals surface area contributed by atoms with E-state index in [9.17, 15) is 5.11 Å². The Morgan fingerprint density at radius 3 is 2.48 bits per heavy atom. The molecule has 0 amide bonds. The molecule has 166 valence electrons. The third kappa shape index (κ3) is 4.14. The maximum Gasteiger partial charge on any atom is 0.231 e. The fourth-order valence-electron chi connectivity index (χ4n) is 4.04. The Morgan fingerprint density at radius 1 is 1.10 bits per heavy atom. The first kappa shape index (κ1) is 22.0. The fraction of sp³-hybridized carbons (Fsp3) is 0.500.